The van der Waals surface area contributed by atoms with Gasteiger partial charge in [0.25, 0.3) is 0 Å². The number of aromatic nitrogens is 2. The molecule has 0 spiro atoms. The third kappa shape index (κ3) is 7.44. The van der Waals surface area contributed by atoms with E-state index in [1.807, 2.05) is 0 Å². The van der Waals surface area contributed by atoms with E-state index in [0.717, 1.165) is 10.2 Å². The molecule has 29 heavy (non-hydrogen) atoms. The molecule has 1 fully saturated rings. The molecule has 170 valence electrons. The molecule has 7 nitrogen and oxygen atoms in total. The van der Waals surface area contributed by atoms with E-state index in [1.165, 1.54) is 45.1 Å². The molecule has 0 bridgehead atoms. The maximum absolute atomic E-state index is 11.4. The average molecular weight is 473 g/mol. The van der Waals surface area contributed by atoms with Gasteiger partial charge < -0.3 is 4.13 Å². The molecule has 1 aliphatic rings. The van der Waals surface area contributed by atoms with Crippen LogP contribution in [0, 0.1) is 0 Å². The van der Waals surface area contributed by atoms with Gasteiger partial charge in [-0.25, -0.2) is 26.0 Å². The lowest BCUT2D eigenvalue weighted by atomic mass is 10.2. The summed E-state index contributed by atoms with van der Waals surface area (Å²) >= 11 is 0. The Morgan fingerprint density at radius 3 is 1.90 bits per heavy atom. The zero-order valence-electron chi connectivity index (χ0n) is 15.3. The summed E-state index contributed by atoms with van der Waals surface area (Å²) < 4.78 is 114. The monoisotopic (exact) mass is 473 g/mol. The number of sulfonamides is 2. The zero-order chi connectivity index (χ0) is 22.5. The minimum atomic E-state index is -6.72. The van der Waals surface area contributed by atoms with Gasteiger partial charge in [-0.3, -0.25) is 0 Å². The number of aryl methyl sites for hydroxylation is 1. The molecule has 1 aromatic heterocycles. The molecule has 1 heterocycles. The van der Waals surface area contributed by atoms with Gasteiger partial charge in [0, 0.05) is 0 Å². The van der Waals surface area contributed by atoms with Crippen LogP contribution in [0.5, 0.6) is 0 Å². The summed E-state index contributed by atoms with van der Waals surface area (Å²) in [4.78, 5) is 0. The van der Waals surface area contributed by atoms with Crippen LogP contribution in [0.15, 0.2) is 18.7 Å². The molecule has 1 aliphatic carbocycles. The minimum Gasteiger partial charge on any atom is -0.421 e. The third-order valence-corrected chi connectivity index (χ3v) is 6.75. The van der Waals surface area contributed by atoms with Gasteiger partial charge in [0.05, 0.1) is 6.54 Å². The van der Waals surface area contributed by atoms with Crippen molar-refractivity contribution in [2.24, 2.45) is 0 Å². The number of imidazole rings is 1. The molecule has 1 aromatic rings. The Labute approximate surface area is 164 Å². The average Bonchev–Trinajstić information content (AvgIpc) is 3.21. The standard InChI is InChI=1S/C12H21N2.C2F6NO4S2/c1-2-3-8-13-9-10-14(11-13)12-6-4-5-7-12;3-1(4,5)14(10,11)9-15(12,13)2(6,7)8/h9-12H,2-8H2,1H3;/q+1;-1. The van der Waals surface area contributed by atoms with Crippen molar-refractivity contribution in [2.45, 2.75) is 69.1 Å². The van der Waals surface area contributed by atoms with Crippen molar-refractivity contribution in [1.29, 1.82) is 0 Å². The lowest BCUT2D eigenvalue weighted by molar-refractivity contribution is -0.697. The predicted octanol–water partition coefficient (Wildman–Crippen LogP) is 3.75. The second-order valence-corrected chi connectivity index (χ2v) is 9.73. The molecular formula is C14H21F6N3O4S2. The maximum atomic E-state index is 11.4. The molecule has 15 heteroatoms. The van der Waals surface area contributed by atoms with E-state index in [9.17, 15) is 43.2 Å². The molecule has 0 atom stereocenters. The highest BCUT2D eigenvalue weighted by Crippen LogP contribution is 2.36. The van der Waals surface area contributed by atoms with Gasteiger partial charge in [-0.2, -0.15) is 26.3 Å². The summed E-state index contributed by atoms with van der Waals surface area (Å²) in [5, 5.41) is 0. The molecule has 0 N–H and O–H groups in total. The molecule has 2 rings (SSSR count). The van der Waals surface area contributed by atoms with E-state index >= 15 is 0 Å². The lowest BCUT2D eigenvalue weighted by Gasteiger charge is -2.22. The second-order valence-electron chi connectivity index (χ2n) is 6.31. The fourth-order valence-corrected chi connectivity index (χ4v) is 4.23. The van der Waals surface area contributed by atoms with E-state index < -0.39 is 31.1 Å². The predicted molar refractivity (Wildman–Crippen MR) is 90.3 cm³/mol. The van der Waals surface area contributed by atoms with Gasteiger partial charge in [-0.05, 0) is 32.1 Å². The summed E-state index contributed by atoms with van der Waals surface area (Å²) in [6, 6.07) is 0.790. The van der Waals surface area contributed by atoms with E-state index in [2.05, 4.69) is 34.8 Å². The highest BCUT2D eigenvalue weighted by molar-refractivity contribution is 8.13. The van der Waals surface area contributed by atoms with Gasteiger partial charge in [0.1, 0.15) is 18.4 Å². The molecule has 1 saturated carbocycles. The van der Waals surface area contributed by atoms with Crippen molar-refractivity contribution in [1.82, 2.24) is 4.57 Å². The lowest BCUT2D eigenvalue weighted by Crippen LogP contribution is -2.30. The molecule has 0 saturated heterocycles. The Bertz CT molecular complexity index is 815. The number of alkyl halides is 6. The van der Waals surface area contributed by atoms with Gasteiger partial charge in [0.2, 0.25) is 6.33 Å². The van der Waals surface area contributed by atoms with Gasteiger partial charge in [0.15, 0.2) is 20.0 Å². The van der Waals surface area contributed by atoms with Crippen molar-refractivity contribution in [3.8, 4) is 0 Å². The molecule has 0 amide bonds. The normalized spacial score (nSPS) is 16.5. The topological polar surface area (TPSA) is 91.2 Å². The van der Waals surface area contributed by atoms with E-state index in [-0.39, 0.29) is 0 Å². The van der Waals surface area contributed by atoms with Crippen LogP contribution >= 0.6 is 0 Å². The number of nitrogens with zero attached hydrogens (tertiary/aromatic N) is 3. The minimum absolute atomic E-state index is 0.778. The first-order valence-corrected chi connectivity index (χ1v) is 11.4. The Morgan fingerprint density at radius 2 is 1.48 bits per heavy atom. The van der Waals surface area contributed by atoms with Crippen molar-refractivity contribution >= 4 is 20.0 Å². The van der Waals surface area contributed by atoms with Crippen molar-refractivity contribution < 1.29 is 47.7 Å². The van der Waals surface area contributed by atoms with Gasteiger partial charge in [-0.15, -0.1) is 0 Å². The van der Waals surface area contributed by atoms with Crippen LogP contribution < -0.4 is 4.57 Å². The number of hydrogen-bond donors (Lipinski definition) is 0. The fourth-order valence-electron chi connectivity index (χ4n) is 2.52. The van der Waals surface area contributed by atoms with Gasteiger partial charge >= 0.3 is 11.0 Å². The van der Waals surface area contributed by atoms with Crippen molar-refractivity contribution in [3.05, 3.63) is 22.8 Å². The first kappa shape index (κ1) is 25.7. The van der Waals surface area contributed by atoms with Crippen LogP contribution in [-0.2, 0) is 26.6 Å². The largest absolute Gasteiger partial charge is 0.480 e. The Hall–Kier alpha value is -1.35. The number of hydrogen-bond acceptors (Lipinski definition) is 4. The van der Waals surface area contributed by atoms with Crippen molar-refractivity contribution in [3.63, 3.8) is 0 Å². The van der Waals surface area contributed by atoms with Gasteiger partial charge in [-0.1, -0.05) is 13.3 Å². The SMILES string of the molecule is CCCC[n+]1ccn(C2CCCC2)c1.O=S(=O)([N-]S(=O)(=O)C(F)(F)F)C(F)(F)F. The Balaban J connectivity index is 0.000000290. The first-order chi connectivity index (χ1) is 13.1. The number of unbranched alkanes of at least 4 members (excludes halogenated alkanes) is 1. The molecular weight excluding hydrogens is 452 g/mol. The molecule has 0 radical (unpaired) electrons. The van der Waals surface area contributed by atoms with Crippen LogP contribution in [0.25, 0.3) is 4.13 Å². The Morgan fingerprint density at radius 1 is 1.00 bits per heavy atom. The quantitative estimate of drug-likeness (QED) is 0.465. The van der Waals surface area contributed by atoms with Crippen LogP contribution in [0.1, 0.15) is 51.5 Å². The summed E-state index contributed by atoms with van der Waals surface area (Å²) in [7, 11) is -13.4. The van der Waals surface area contributed by atoms with Crippen molar-refractivity contribution in [2.75, 3.05) is 0 Å². The van der Waals surface area contributed by atoms with Crippen LogP contribution in [-0.4, -0.2) is 32.4 Å². The van der Waals surface area contributed by atoms with E-state index in [0.29, 0.717) is 0 Å². The maximum Gasteiger partial charge on any atom is 0.480 e. The fraction of sp³-hybridized carbons (Fsp3) is 0.786. The number of halogens is 6. The smallest absolute Gasteiger partial charge is 0.421 e. The zero-order valence-corrected chi connectivity index (χ0v) is 17.0. The third-order valence-electron chi connectivity index (χ3n) is 4.01. The molecule has 0 unspecified atom stereocenters. The second kappa shape index (κ2) is 9.64. The summed E-state index contributed by atoms with van der Waals surface area (Å²) in [5.41, 5.74) is -12.4. The van der Waals surface area contributed by atoms with Crippen LogP contribution in [0.4, 0.5) is 26.3 Å². The van der Waals surface area contributed by atoms with E-state index in [1.54, 1.807) is 0 Å². The molecule has 0 aliphatic heterocycles. The summed E-state index contributed by atoms with van der Waals surface area (Å²) in [5.74, 6) is 0. The van der Waals surface area contributed by atoms with Crippen LogP contribution in [0.3, 0.4) is 0 Å². The highest BCUT2D eigenvalue weighted by Gasteiger charge is 2.46. The van der Waals surface area contributed by atoms with Crippen LogP contribution in [0.2, 0.25) is 0 Å². The highest BCUT2D eigenvalue weighted by atomic mass is 32.3. The first-order valence-electron chi connectivity index (χ1n) is 8.54. The summed E-state index contributed by atoms with van der Waals surface area (Å²) in [6.07, 6.45) is 14.9. The molecule has 0 aromatic carbocycles. The summed E-state index contributed by atoms with van der Waals surface area (Å²) in [6.45, 7) is 3.42. The van der Waals surface area contributed by atoms with E-state index in [4.69, 9.17) is 0 Å². The Kier molecular flexibility index (Phi) is 8.54. The number of rotatable bonds is 6.